The van der Waals surface area contributed by atoms with Crippen molar-refractivity contribution in [2.75, 3.05) is 0 Å². The van der Waals surface area contributed by atoms with E-state index in [1.807, 2.05) is 13.0 Å². The summed E-state index contributed by atoms with van der Waals surface area (Å²) in [5.41, 5.74) is 1.07. The number of rotatable bonds is 4. The van der Waals surface area contributed by atoms with Crippen LogP contribution in [0, 0.1) is 6.92 Å². The smallest absolute Gasteiger partial charge is 0.259 e. The molecule has 5 nitrogen and oxygen atoms in total. The van der Waals surface area contributed by atoms with Crippen molar-refractivity contribution < 1.29 is 4.52 Å². The molecule has 18 heavy (non-hydrogen) atoms. The van der Waals surface area contributed by atoms with Crippen LogP contribution in [0.1, 0.15) is 44.2 Å². The Bertz CT molecular complexity index is 582. The Morgan fingerprint density at radius 3 is 2.67 bits per heavy atom. The zero-order valence-corrected chi connectivity index (χ0v) is 10.9. The molecule has 5 heteroatoms. The number of pyridine rings is 1. The van der Waals surface area contributed by atoms with Gasteiger partial charge in [0.1, 0.15) is 0 Å². The highest BCUT2D eigenvalue weighted by molar-refractivity contribution is 5.52. The topological polar surface area (TPSA) is 71.8 Å². The van der Waals surface area contributed by atoms with Crippen molar-refractivity contribution in [2.24, 2.45) is 0 Å². The van der Waals surface area contributed by atoms with Crippen molar-refractivity contribution in [3.8, 4) is 11.4 Å². The van der Waals surface area contributed by atoms with Gasteiger partial charge in [0.2, 0.25) is 11.7 Å². The van der Waals surface area contributed by atoms with Crippen LogP contribution in [0.4, 0.5) is 0 Å². The van der Waals surface area contributed by atoms with E-state index in [4.69, 9.17) is 4.52 Å². The van der Waals surface area contributed by atoms with Crippen molar-refractivity contribution in [1.82, 2.24) is 15.1 Å². The van der Waals surface area contributed by atoms with Gasteiger partial charge in [0.25, 0.3) is 5.56 Å². The van der Waals surface area contributed by atoms with Crippen molar-refractivity contribution >= 4 is 0 Å². The molecule has 0 unspecified atom stereocenters. The molecule has 2 heterocycles. The summed E-state index contributed by atoms with van der Waals surface area (Å²) in [7, 11) is 0. The molecule has 0 aliphatic heterocycles. The van der Waals surface area contributed by atoms with E-state index in [1.165, 1.54) is 0 Å². The third-order valence-corrected chi connectivity index (χ3v) is 3.07. The SMILES string of the molecule is CCC(CC)c1nc(-c2ccc(C)[nH]c2=O)no1. The van der Waals surface area contributed by atoms with Gasteiger partial charge in [0.15, 0.2) is 0 Å². The number of nitrogens with one attached hydrogen (secondary N) is 1. The highest BCUT2D eigenvalue weighted by atomic mass is 16.5. The summed E-state index contributed by atoms with van der Waals surface area (Å²) in [5, 5.41) is 3.89. The minimum Gasteiger partial charge on any atom is -0.339 e. The molecular weight excluding hydrogens is 230 g/mol. The van der Waals surface area contributed by atoms with Crippen molar-refractivity contribution in [2.45, 2.75) is 39.5 Å². The third kappa shape index (κ3) is 2.34. The first-order valence-corrected chi connectivity index (χ1v) is 6.19. The molecule has 1 N–H and O–H groups in total. The van der Waals surface area contributed by atoms with Crippen LogP contribution >= 0.6 is 0 Å². The molecule has 0 amide bonds. The number of nitrogens with zero attached hydrogens (tertiary/aromatic N) is 2. The van der Waals surface area contributed by atoms with Crippen LogP contribution in [0.25, 0.3) is 11.4 Å². The van der Waals surface area contributed by atoms with Crippen molar-refractivity contribution in [1.29, 1.82) is 0 Å². The van der Waals surface area contributed by atoms with Crippen LogP contribution in [0.2, 0.25) is 0 Å². The fourth-order valence-electron chi connectivity index (χ4n) is 1.90. The Morgan fingerprint density at radius 2 is 2.06 bits per heavy atom. The van der Waals surface area contributed by atoms with Gasteiger partial charge in [-0.1, -0.05) is 19.0 Å². The van der Waals surface area contributed by atoms with Crippen LogP contribution in [0.3, 0.4) is 0 Å². The molecule has 0 atom stereocenters. The predicted molar refractivity (Wildman–Crippen MR) is 68.4 cm³/mol. The molecule has 2 rings (SSSR count). The molecule has 0 aliphatic rings. The Labute approximate surface area is 105 Å². The molecule has 0 spiro atoms. The lowest BCUT2D eigenvalue weighted by atomic mass is 10.0. The van der Waals surface area contributed by atoms with Gasteiger partial charge < -0.3 is 9.51 Å². The van der Waals surface area contributed by atoms with E-state index >= 15 is 0 Å². The first-order valence-electron chi connectivity index (χ1n) is 6.19. The maximum atomic E-state index is 11.8. The second-order valence-electron chi connectivity index (χ2n) is 4.35. The zero-order valence-electron chi connectivity index (χ0n) is 10.9. The third-order valence-electron chi connectivity index (χ3n) is 3.07. The van der Waals surface area contributed by atoms with Gasteiger partial charge in [0, 0.05) is 11.6 Å². The fourth-order valence-corrected chi connectivity index (χ4v) is 1.90. The van der Waals surface area contributed by atoms with Crippen LogP contribution in [-0.2, 0) is 0 Å². The summed E-state index contributed by atoms with van der Waals surface area (Å²) < 4.78 is 5.23. The summed E-state index contributed by atoms with van der Waals surface area (Å²) >= 11 is 0. The average molecular weight is 247 g/mol. The summed E-state index contributed by atoms with van der Waals surface area (Å²) in [6.07, 6.45) is 1.89. The number of aryl methyl sites for hydroxylation is 1. The van der Waals surface area contributed by atoms with Crippen molar-refractivity contribution in [3.05, 3.63) is 34.1 Å². The molecule has 0 saturated carbocycles. The van der Waals surface area contributed by atoms with Gasteiger partial charge in [-0.25, -0.2) is 0 Å². The number of aromatic nitrogens is 3. The lowest BCUT2D eigenvalue weighted by Gasteiger charge is -2.04. The van der Waals surface area contributed by atoms with Crippen molar-refractivity contribution in [3.63, 3.8) is 0 Å². The molecule has 0 aromatic carbocycles. The second-order valence-corrected chi connectivity index (χ2v) is 4.35. The molecular formula is C13H17N3O2. The standard InChI is InChI=1S/C13H17N3O2/c1-4-9(5-2)13-15-11(16-18-13)10-7-6-8(3)14-12(10)17/h6-7,9H,4-5H2,1-3H3,(H,14,17). The first-order chi connectivity index (χ1) is 8.65. The molecule has 0 saturated heterocycles. The Morgan fingerprint density at radius 1 is 1.33 bits per heavy atom. The van der Waals surface area contributed by atoms with Crippen LogP contribution in [0.5, 0.6) is 0 Å². The predicted octanol–water partition coefficient (Wildman–Crippen LogP) is 2.64. The maximum Gasteiger partial charge on any atom is 0.259 e. The quantitative estimate of drug-likeness (QED) is 0.901. The van der Waals surface area contributed by atoms with Gasteiger partial charge in [-0.05, 0) is 31.9 Å². The monoisotopic (exact) mass is 247 g/mol. The van der Waals surface area contributed by atoms with E-state index in [-0.39, 0.29) is 11.5 Å². The van der Waals surface area contributed by atoms with Crippen LogP contribution < -0.4 is 5.56 Å². The largest absolute Gasteiger partial charge is 0.339 e. The number of H-pyrrole nitrogens is 1. The van der Waals surface area contributed by atoms with Crippen LogP contribution in [-0.4, -0.2) is 15.1 Å². The minimum absolute atomic E-state index is 0.188. The van der Waals surface area contributed by atoms with E-state index in [2.05, 4.69) is 29.0 Å². The minimum atomic E-state index is -0.188. The van der Waals surface area contributed by atoms with E-state index in [0.29, 0.717) is 17.3 Å². The summed E-state index contributed by atoms with van der Waals surface area (Å²) in [4.78, 5) is 18.8. The highest BCUT2D eigenvalue weighted by Gasteiger charge is 2.17. The van der Waals surface area contributed by atoms with Gasteiger partial charge in [0.05, 0.1) is 5.56 Å². The Balaban J connectivity index is 2.38. The van der Waals surface area contributed by atoms with E-state index in [9.17, 15) is 4.79 Å². The molecule has 96 valence electrons. The number of hydrogen-bond donors (Lipinski definition) is 1. The van der Waals surface area contributed by atoms with E-state index in [1.54, 1.807) is 6.07 Å². The highest BCUT2D eigenvalue weighted by Crippen LogP contribution is 2.23. The Kier molecular flexibility index (Phi) is 3.60. The van der Waals surface area contributed by atoms with Gasteiger partial charge in [-0.15, -0.1) is 0 Å². The lowest BCUT2D eigenvalue weighted by molar-refractivity contribution is 0.346. The van der Waals surface area contributed by atoms with E-state index in [0.717, 1.165) is 18.5 Å². The molecule has 0 bridgehead atoms. The van der Waals surface area contributed by atoms with Crippen LogP contribution in [0.15, 0.2) is 21.5 Å². The normalized spacial score (nSPS) is 11.1. The summed E-state index contributed by atoms with van der Waals surface area (Å²) in [6, 6.07) is 3.54. The second kappa shape index (κ2) is 5.16. The summed E-state index contributed by atoms with van der Waals surface area (Å²) in [5.74, 6) is 1.23. The van der Waals surface area contributed by atoms with E-state index < -0.39 is 0 Å². The Hall–Kier alpha value is -1.91. The molecule has 2 aromatic heterocycles. The first kappa shape index (κ1) is 12.5. The molecule has 2 aromatic rings. The zero-order chi connectivity index (χ0) is 13.1. The molecule has 0 fully saturated rings. The van der Waals surface area contributed by atoms with Gasteiger partial charge in [-0.2, -0.15) is 4.98 Å². The molecule has 0 aliphatic carbocycles. The van der Waals surface area contributed by atoms with Gasteiger partial charge >= 0.3 is 0 Å². The fraction of sp³-hybridized carbons (Fsp3) is 0.462. The van der Waals surface area contributed by atoms with Gasteiger partial charge in [-0.3, -0.25) is 4.79 Å². The number of hydrogen-bond acceptors (Lipinski definition) is 4. The maximum absolute atomic E-state index is 11.8. The average Bonchev–Trinajstić information content (AvgIpc) is 2.80. The molecule has 0 radical (unpaired) electrons. The number of aromatic amines is 1. The summed E-state index contributed by atoms with van der Waals surface area (Å²) in [6.45, 7) is 5.99. The lowest BCUT2D eigenvalue weighted by Crippen LogP contribution is -2.10.